The Kier molecular flexibility index (Phi) is 9.85. The highest BCUT2D eigenvalue weighted by Crippen LogP contribution is 2.24. The highest BCUT2D eigenvalue weighted by Gasteiger charge is 2.29. The normalized spacial score (nSPS) is 12.6. The Morgan fingerprint density at radius 2 is 1.58 bits per heavy atom. The molecule has 36 heavy (non-hydrogen) atoms. The second kappa shape index (κ2) is 12.4. The number of amides is 1. The number of esters is 1. The number of benzene rings is 2. The fraction of sp³-hybridized carbons (Fsp3) is 0.400. The van der Waals surface area contributed by atoms with Gasteiger partial charge in [-0.2, -0.15) is 5.10 Å². The summed E-state index contributed by atoms with van der Waals surface area (Å²) in [7, 11) is -3.76. The third kappa shape index (κ3) is 9.21. The van der Waals surface area contributed by atoms with Gasteiger partial charge >= 0.3 is 5.97 Å². The number of sulfonamides is 1. The Bertz CT molecular complexity index is 1160. The van der Waals surface area contributed by atoms with Gasteiger partial charge in [-0.3, -0.25) is 9.10 Å². The predicted molar refractivity (Wildman–Crippen MR) is 138 cm³/mol. The standard InChI is InChI=1S/C25H33N3O7S/c1-7-33-21-14-10-20(11-15-21)28(36(6,31)32)18(2)24(30)27-26-16-19-8-12-22(13-9-19)34-17-23(29)35-25(3,4)5/h8-16,18H,7,17H2,1-6H3,(H,27,30)/b26-16-/t18-/m1/s1. The van der Waals surface area contributed by atoms with E-state index in [1.165, 1.54) is 13.1 Å². The van der Waals surface area contributed by atoms with Gasteiger partial charge in [-0.15, -0.1) is 0 Å². The van der Waals surface area contributed by atoms with Crippen molar-refractivity contribution in [1.82, 2.24) is 5.43 Å². The van der Waals surface area contributed by atoms with E-state index in [0.717, 1.165) is 10.6 Å². The van der Waals surface area contributed by atoms with Crippen LogP contribution in [0.5, 0.6) is 11.5 Å². The van der Waals surface area contributed by atoms with E-state index in [9.17, 15) is 18.0 Å². The topological polar surface area (TPSA) is 124 Å². The van der Waals surface area contributed by atoms with Gasteiger partial charge < -0.3 is 14.2 Å². The lowest BCUT2D eigenvalue weighted by molar-refractivity contribution is -0.157. The number of carbonyl (C=O) groups excluding carboxylic acids is 2. The van der Waals surface area contributed by atoms with Crippen LogP contribution in [0.2, 0.25) is 0 Å². The van der Waals surface area contributed by atoms with Gasteiger partial charge in [-0.05, 0) is 88.7 Å². The van der Waals surface area contributed by atoms with E-state index in [1.807, 2.05) is 6.92 Å². The van der Waals surface area contributed by atoms with E-state index < -0.39 is 33.5 Å². The Hall–Kier alpha value is -3.60. The Labute approximate surface area is 212 Å². The summed E-state index contributed by atoms with van der Waals surface area (Å²) in [4.78, 5) is 24.4. The quantitative estimate of drug-likeness (QED) is 0.275. The molecule has 0 saturated carbocycles. The van der Waals surface area contributed by atoms with E-state index in [2.05, 4.69) is 10.5 Å². The van der Waals surface area contributed by atoms with Gasteiger partial charge in [0.1, 0.15) is 23.1 Å². The van der Waals surface area contributed by atoms with E-state index in [-0.39, 0.29) is 6.61 Å². The van der Waals surface area contributed by atoms with Crippen molar-refractivity contribution >= 4 is 33.8 Å². The van der Waals surface area contributed by atoms with Crippen molar-refractivity contribution in [2.24, 2.45) is 5.10 Å². The summed E-state index contributed by atoms with van der Waals surface area (Å²) in [5, 5.41) is 3.92. The molecular formula is C25H33N3O7S. The van der Waals surface area contributed by atoms with Gasteiger partial charge in [0.15, 0.2) is 6.61 Å². The number of nitrogens with zero attached hydrogens (tertiary/aromatic N) is 2. The zero-order chi connectivity index (χ0) is 26.9. The highest BCUT2D eigenvalue weighted by atomic mass is 32.2. The second-order valence-electron chi connectivity index (χ2n) is 8.84. The zero-order valence-electron chi connectivity index (χ0n) is 21.3. The minimum Gasteiger partial charge on any atom is -0.494 e. The Morgan fingerprint density at radius 3 is 2.11 bits per heavy atom. The first-order chi connectivity index (χ1) is 16.8. The summed E-state index contributed by atoms with van der Waals surface area (Å²) >= 11 is 0. The molecule has 2 aromatic carbocycles. The van der Waals surface area contributed by atoms with Crippen LogP contribution in [0.1, 0.15) is 40.2 Å². The predicted octanol–water partition coefficient (Wildman–Crippen LogP) is 3.11. The number of hydrazone groups is 1. The molecule has 10 nitrogen and oxygen atoms in total. The molecule has 0 radical (unpaired) electrons. The van der Waals surface area contributed by atoms with Crippen molar-refractivity contribution in [1.29, 1.82) is 0 Å². The highest BCUT2D eigenvalue weighted by molar-refractivity contribution is 7.92. The molecule has 1 N–H and O–H groups in total. The van der Waals surface area contributed by atoms with Crippen molar-refractivity contribution in [3.05, 3.63) is 54.1 Å². The number of carbonyl (C=O) groups is 2. The summed E-state index contributed by atoms with van der Waals surface area (Å²) in [5.74, 6) is -0.0197. The molecule has 2 rings (SSSR count). The largest absolute Gasteiger partial charge is 0.494 e. The molecule has 1 atom stereocenters. The minimum absolute atomic E-state index is 0.218. The van der Waals surface area contributed by atoms with Crippen LogP contribution < -0.4 is 19.2 Å². The molecule has 2 aromatic rings. The van der Waals surface area contributed by atoms with Crippen molar-refractivity contribution in [3.8, 4) is 11.5 Å². The van der Waals surface area contributed by atoms with Gasteiger partial charge in [-0.1, -0.05) is 0 Å². The fourth-order valence-corrected chi connectivity index (χ4v) is 4.27. The lowest BCUT2D eigenvalue weighted by Gasteiger charge is -2.27. The molecule has 0 aromatic heterocycles. The molecule has 0 heterocycles. The lowest BCUT2D eigenvalue weighted by atomic mass is 10.2. The average Bonchev–Trinajstić information content (AvgIpc) is 2.78. The average molecular weight is 520 g/mol. The lowest BCUT2D eigenvalue weighted by Crippen LogP contribution is -2.46. The van der Waals surface area contributed by atoms with E-state index in [1.54, 1.807) is 69.3 Å². The molecule has 196 valence electrons. The maximum Gasteiger partial charge on any atom is 0.344 e. The smallest absolute Gasteiger partial charge is 0.344 e. The molecule has 0 aliphatic heterocycles. The third-order valence-corrected chi connectivity index (χ3v) is 5.78. The van der Waals surface area contributed by atoms with Crippen molar-refractivity contribution in [3.63, 3.8) is 0 Å². The van der Waals surface area contributed by atoms with Crippen LogP contribution in [0.4, 0.5) is 5.69 Å². The van der Waals surface area contributed by atoms with Crippen LogP contribution >= 0.6 is 0 Å². The number of hydrogen-bond donors (Lipinski definition) is 1. The fourth-order valence-electron chi connectivity index (χ4n) is 3.09. The van der Waals surface area contributed by atoms with Gasteiger partial charge in [0, 0.05) is 0 Å². The Morgan fingerprint density at radius 1 is 1.03 bits per heavy atom. The summed E-state index contributed by atoms with van der Waals surface area (Å²) in [5.41, 5.74) is 2.76. The van der Waals surface area contributed by atoms with E-state index in [0.29, 0.717) is 29.4 Å². The number of hydrogen-bond acceptors (Lipinski definition) is 8. The SMILES string of the molecule is CCOc1ccc(N([C@H](C)C(=O)N/N=C\c2ccc(OCC(=O)OC(C)(C)C)cc2)S(C)(=O)=O)cc1. The van der Waals surface area contributed by atoms with Crippen LogP contribution in [-0.2, 0) is 24.3 Å². The molecular weight excluding hydrogens is 486 g/mol. The van der Waals surface area contributed by atoms with Crippen LogP contribution in [0.25, 0.3) is 0 Å². The van der Waals surface area contributed by atoms with E-state index in [4.69, 9.17) is 14.2 Å². The van der Waals surface area contributed by atoms with Crippen molar-refractivity contribution < 1.29 is 32.2 Å². The van der Waals surface area contributed by atoms with Crippen molar-refractivity contribution in [2.75, 3.05) is 23.8 Å². The summed E-state index contributed by atoms with van der Waals surface area (Å²) in [6.45, 7) is 8.90. The Balaban J connectivity index is 1.98. The molecule has 0 spiro atoms. The number of anilines is 1. The first-order valence-corrected chi connectivity index (χ1v) is 13.1. The molecule has 1 amide bonds. The number of nitrogens with one attached hydrogen (secondary N) is 1. The number of rotatable bonds is 11. The maximum absolute atomic E-state index is 12.6. The molecule has 0 unspecified atom stereocenters. The molecule has 0 fully saturated rings. The summed E-state index contributed by atoms with van der Waals surface area (Å²) in [6, 6.07) is 12.0. The van der Waals surface area contributed by atoms with Crippen LogP contribution in [0.15, 0.2) is 53.6 Å². The van der Waals surface area contributed by atoms with Gasteiger partial charge in [0.25, 0.3) is 5.91 Å². The van der Waals surface area contributed by atoms with E-state index >= 15 is 0 Å². The van der Waals surface area contributed by atoms with Gasteiger partial charge in [0.2, 0.25) is 10.0 Å². The van der Waals surface area contributed by atoms with Crippen LogP contribution in [0.3, 0.4) is 0 Å². The molecule has 11 heteroatoms. The second-order valence-corrected chi connectivity index (χ2v) is 10.7. The minimum atomic E-state index is -3.76. The van der Waals surface area contributed by atoms with Gasteiger partial charge in [-0.25, -0.2) is 18.6 Å². The molecule has 0 saturated heterocycles. The van der Waals surface area contributed by atoms with Crippen molar-refractivity contribution in [2.45, 2.75) is 46.3 Å². The molecule has 0 aliphatic carbocycles. The molecule has 0 bridgehead atoms. The zero-order valence-corrected chi connectivity index (χ0v) is 22.2. The monoisotopic (exact) mass is 519 g/mol. The third-order valence-electron chi connectivity index (χ3n) is 4.54. The molecule has 0 aliphatic rings. The summed E-state index contributed by atoms with van der Waals surface area (Å²) in [6.07, 6.45) is 2.44. The first kappa shape index (κ1) is 28.6. The maximum atomic E-state index is 12.6. The van der Waals surface area contributed by atoms with Crippen LogP contribution in [0, 0.1) is 0 Å². The van der Waals surface area contributed by atoms with Crippen LogP contribution in [-0.4, -0.2) is 57.6 Å². The summed E-state index contributed by atoms with van der Waals surface area (Å²) < 4.78 is 41.8. The number of ether oxygens (including phenoxy) is 3. The first-order valence-electron chi connectivity index (χ1n) is 11.3. The van der Waals surface area contributed by atoms with Gasteiger partial charge in [0.05, 0.1) is 24.8 Å².